The Labute approximate surface area is 127 Å². The second-order valence-corrected chi connectivity index (χ2v) is 5.89. The van der Waals surface area contributed by atoms with Crippen molar-refractivity contribution >= 4 is 28.8 Å². The summed E-state index contributed by atoms with van der Waals surface area (Å²) in [6.07, 6.45) is 6.98. The fraction of sp³-hybridized carbons (Fsp3) is 0.235. The quantitative estimate of drug-likeness (QED) is 0.761. The predicted octanol–water partition coefficient (Wildman–Crippen LogP) is 3.12. The molecule has 0 saturated carbocycles. The highest BCUT2D eigenvalue weighted by atomic mass is 15.0. The minimum absolute atomic E-state index is 0.790. The number of aromatic amines is 1. The van der Waals surface area contributed by atoms with Crippen LogP contribution in [0.1, 0.15) is 28.8 Å². The second kappa shape index (κ2) is 4.40. The van der Waals surface area contributed by atoms with Crippen LogP contribution >= 0.6 is 0 Å². The number of hydrogen-bond donors (Lipinski definition) is 2. The Bertz CT molecular complexity index is 922. The van der Waals surface area contributed by atoms with Gasteiger partial charge in [-0.25, -0.2) is 9.97 Å². The van der Waals surface area contributed by atoms with E-state index in [1.54, 1.807) is 6.33 Å². The van der Waals surface area contributed by atoms with Crippen LogP contribution in [0.2, 0.25) is 0 Å². The van der Waals surface area contributed by atoms with Gasteiger partial charge in [0.2, 0.25) is 0 Å². The summed E-state index contributed by atoms with van der Waals surface area (Å²) < 4.78 is 0. The fourth-order valence-corrected chi connectivity index (χ4v) is 3.48. The zero-order valence-electron chi connectivity index (χ0n) is 12.1. The number of nitrogens with zero attached hydrogens (tertiary/aromatic N) is 3. The number of aryl methyl sites for hydroxylation is 2. The molecule has 5 heteroatoms. The summed E-state index contributed by atoms with van der Waals surface area (Å²) >= 11 is 0. The van der Waals surface area contributed by atoms with E-state index in [1.807, 2.05) is 6.21 Å². The molecule has 0 fully saturated rings. The Morgan fingerprint density at radius 2 is 2.14 bits per heavy atom. The van der Waals surface area contributed by atoms with E-state index in [2.05, 4.69) is 43.5 Å². The summed E-state index contributed by atoms with van der Waals surface area (Å²) in [5, 5.41) is 4.60. The van der Waals surface area contributed by atoms with Gasteiger partial charge in [0, 0.05) is 17.6 Å². The summed E-state index contributed by atoms with van der Waals surface area (Å²) in [7, 11) is 0. The predicted molar refractivity (Wildman–Crippen MR) is 86.9 cm³/mol. The van der Waals surface area contributed by atoms with Crippen LogP contribution in [0.3, 0.4) is 0 Å². The van der Waals surface area contributed by atoms with E-state index in [-0.39, 0.29) is 0 Å². The largest absolute Gasteiger partial charge is 0.343 e. The van der Waals surface area contributed by atoms with Crippen LogP contribution in [0.25, 0.3) is 11.0 Å². The van der Waals surface area contributed by atoms with Crippen LogP contribution in [0.15, 0.2) is 29.5 Å². The zero-order valence-corrected chi connectivity index (χ0v) is 12.1. The van der Waals surface area contributed by atoms with Crippen molar-refractivity contribution in [1.82, 2.24) is 15.0 Å². The lowest BCUT2D eigenvalue weighted by Crippen LogP contribution is -1.97. The summed E-state index contributed by atoms with van der Waals surface area (Å²) in [6, 6.07) is 6.35. The van der Waals surface area contributed by atoms with Gasteiger partial charge in [0.1, 0.15) is 17.8 Å². The van der Waals surface area contributed by atoms with Gasteiger partial charge in [-0.2, -0.15) is 0 Å². The van der Waals surface area contributed by atoms with Crippen LogP contribution in [-0.4, -0.2) is 21.2 Å². The number of benzene rings is 1. The SMILES string of the molecule is C1=NCc2ccc(Nc3ncnc4[nH]c5c(c34)CCC5)cc21. The topological polar surface area (TPSA) is 66.0 Å². The van der Waals surface area contributed by atoms with Gasteiger partial charge in [0.05, 0.1) is 11.9 Å². The van der Waals surface area contributed by atoms with E-state index >= 15 is 0 Å². The minimum Gasteiger partial charge on any atom is -0.343 e. The van der Waals surface area contributed by atoms with Gasteiger partial charge in [-0.05, 0) is 48.1 Å². The van der Waals surface area contributed by atoms with Crippen LogP contribution in [0.5, 0.6) is 0 Å². The Morgan fingerprint density at radius 3 is 3.14 bits per heavy atom. The zero-order chi connectivity index (χ0) is 14.5. The van der Waals surface area contributed by atoms with Gasteiger partial charge < -0.3 is 10.3 Å². The maximum absolute atomic E-state index is 4.47. The average molecular weight is 289 g/mol. The molecule has 3 aromatic rings. The first-order valence-electron chi connectivity index (χ1n) is 7.63. The number of aliphatic imine (C=N–C) groups is 1. The van der Waals surface area contributed by atoms with Crippen molar-refractivity contribution in [1.29, 1.82) is 0 Å². The molecule has 1 aliphatic heterocycles. The van der Waals surface area contributed by atoms with Crippen molar-refractivity contribution in [2.75, 3.05) is 5.32 Å². The first-order chi connectivity index (χ1) is 10.9. The molecule has 0 amide bonds. The maximum Gasteiger partial charge on any atom is 0.143 e. The number of anilines is 2. The summed E-state index contributed by atoms with van der Waals surface area (Å²) in [5.74, 6) is 0.888. The van der Waals surface area contributed by atoms with Gasteiger partial charge in [0.15, 0.2) is 0 Å². The summed E-state index contributed by atoms with van der Waals surface area (Å²) in [4.78, 5) is 16.6. The smallest absolute Gasteiger partial charge is 0.143 e. The van der Waals surface area contributed by atoms with Crippen molar-refractivity contribution < 1.29 is 0 Å². The molecule has 1 aromatic carbocycles. The lowest BCUT2D eigenvalue weighted by molar-refractivity contribution is 0.897. The van der Waals surface area contributed by atoms with Gasteiger partial charge in [-0.1, -0.05) is 6.07 Å². The molecule has 0 unspecified atom stereocenters. The molecule has 2 aliphatic rings. The molecule has 1 aliphatic carbocycles. The van der Waals surface area contributed by atoms with Crippen molar-refractivity contribution in [2.24, 2.45) is 4.99 Å². The molecule has 2 aromatic heterocycles. The maximum atomic E-state index is 4.47. The molecule has 3 heterocycles. The Morgan fingerprint density at radius 1 is 1.14 bits per heavy atom. The number of hydrogen-bond acceptors (Lipinski definition) is 4. The van der Waals surface area contributed by atoms with Crippen molar-refractivity contribution in [3.8, 4) is 0 Å². The van der Waals surface area contributed by atoms with Gasteiger partial charge >= 0.3 is 0 Å². The standard InChI is InChI=1S/C17H15N5/c1-2-13-14(3-1)22-17-15(13)16(19-9-20-17)21-12-5-4-10-7-18-8-11(10)6-12/h4-6,8-9H,1-3,7H2,(H2,19,20,21,22). The van der Waals surface area contributed by atoms with Crippen LogP contribution < -0.4 is 5.32 Å². The van der Waals surface area contributed by atoms with Crippen molar-refractivity contribution in [3.63, 3.8) is 0 Å². The molecule has 2 N–H and O–H groups in total. The Hall–Kier alpha value is -2.69. The van der Waals surface area contributed by atoms with E-state index < -0.39 is 0 Å². The van der Waals surface area contributed by atoms with Gasteiger partial charge in [-0.3, -0.25) is 4.99 Å². The number of H-pyrrole nitrogens is 1. The number of fused-ring (bicyclic) bond motifs is 4. The van der Waals surface area contributed by atoms with Crippen molar-refractivity contribution in [2.45, 2.75) is 25.8 Å². The molecule has 5 rings (SSSR count). The monoisotopic (exact) mass is 289 g/mol. The average Bonchev–Trinajstić information content (AvgIpc) is 3.21. The lowest BCUT2D eigenvalue weighted by atomic mass is 10.1. The molecule has 0 radical (unpaired) electrons. The van der Waals surface area contributed by atoms with Gasteiger partial charge in [0.25, 0.3) is 0 Å². The normalized spacial score (nSPS) is 15.3. The third kappa shape index (κ3) is 1.68. The molecule has 5 nitrogen and oxygen atoms in total. The minimum atomic E-state index is 0.790. The summed E-state index contributed by atoms with van der Waals surface area (Å²) in [5.41, 5.74) is 7.14. The highest BCUT2D eigenvalue weighted by Crippen LogP contribution is 2.34. The first kappa shape index (κ1) is 11.9. The lowest BCUT2D eigenvalue weighted by Gasteiger charge is -2.09. The number of nitrogens with one attached hydrogen (secondary N) is 2. The molecular formula is C17H15N5. The molecule has 0 saturated heterocycles. The molecule has 0 spiro atoms. The Kier molecular flexibility index (Phi) is 2.38. The highest BCUT2D eigenvalue weighted by molar-refractivity contribution is 5.94. The number of rotatable bonds is 2. The molecule has 0 atom stereocenters. The summed E-state index contributed by atoms with van der Waals surface area (Å²) in [6.45, 7) is 0.790. The fourth-order valence-electron chi connectivity index (χ4n) is 3.48. The van der Waals surface area contributed by atoms with Gasteiger partial charge in [-0.15, -0.1) is 0 Å². The molecule has 22 heavy (non-hydrogen) atoms. The van der Waals surface area contributed by atoms with E-state index in [1.165, 1.54) is 28.8 Å². The third-order valence-corrected chi connectivity index (χ3v) is 4.54. The Balaban J connectivity index is 1.61. The number of aromatic nitrogens is 3. The molecular weight excluding hydrogens is 274 g/mol. The van der Waals surface area contributed by atoms with Crippen LogP contribution in [-0.2, 0) is 19.4 Å². The van der Waals surface area contributed by atoms with Crippen LogP contribution in [0.4, 0.5) is 11.5 Å². The molecule has 0 bridgehead atoms. The van der Waals surface area contributed by atoms with Crippen molar-refractivity contribution in [3.05, 3.63) is 46.9 Å². The third-order valence-electron chi connectivity index (χ3n) is 4.54. The van der Waals surface area contributed by atoms with E-state index in [4.69, 9.17) is 0 Å². The molecule has 108 valence electrons. The highest BCUT2D eigenvalue weighted by Gasteiger charge is 2.20. The van der Waals surface area contributed by atoms with E-state index in [0.717, 1.165) is 41.9 Å². The van der Waals surface area contributed by atoms with E-state index in [0.29, 0.717) is 0 Å². The van der Waals surface area contributed by atoms with E-state index in [9.17, 15) is 0 Å². The van der Waals surface area contributed by atoms with Crippen LogP contribution in [0, 0.1) is 0 Å². The second-order valence-electron chi connectivity index (χ2n) is 5.89. The first-order valence-corrected chi connectivity index (χ1v) is 7.63.